The Bertz CT molecular complexity index is 432. The zero-order chi connectivity index (χ0) is 15.2. The molecule has 0 heterocycles. The van der Waals surface area contributed by atoms with Crippen LogP contribution in [-0.4, -0.2) is 18.6 Å². The number of carbonyl (C=O) groups excluding carboxylic acids is 1. The van der Waals surface area contributed by atoms with Crippen LogP contribution in [0.2, 0.25) is 0 Å². The number of ether oxygens (including phenoxy) is 1. The number of amides is 1. The third-order valence-electron chi connectivity index (χ3n) is 3.72. The Kier molecular flexibility index (Phi) is 6.02. The van der Waals surface area contributed by atoms with Gasteiger partial charge in [-0.3, -0.25) is 4.79 Å². The number of rotatable bonds is 7. The van der Waals surface area contributed by atoms with Crippen molar-refractivity contribution in [1.82, 2.24) is 0 Å². The minimum Gasteiger partial charge on any atom is -0.489 e. The largest absolute Gasteiger partial charge is 0.489 e. The normalized spacial score (nSPS) is 11.5. The summed E-state index contributed by atoms with van der Waals surface area (Å²) in [7, 11) is 0. The fraction of sp³-hybridized carbons (Fsp3) is 0.562. The van der Waals surface area contributed by atoms with Gasteiger partial charge in [0.1, 0.15) is 5.75 Å². The van der Waals surface area contributed by atoms with E-state index in [-0.39, 0.29) is 12.0 Å². The van der Waals surface area contributed by atoms with Crippen LogP contribution in [0.1, 0.15) is 40.5 Å². The molecular weight excluding hydrogens is 252 g/mol. The highest BCUT2D eigenvalue weighted by atomic mass is 16.5. The van der Waals surface area contributed by atoms with E-state index in [0.717, 1.165) is 12.8 Å². The highest BCUT2D eigenvalue weighted by molar-refractivity contribution is 5.96. The first-order chi connectivity index (χ1) is 9.49. The van der Waals surface area contributed by atoms with Gasteiger partial charge < -0.3 is 15.8 Å². The second kappa shape index (κ2) is 7.29. The zero-order valence-corrected chi connectivity index (χ0v) is 12.9. The van der Waals surface area contributed by atoms with E-state index in [1.165, 1.54) is 0 Å². The molecule has 1 aromatic carbocycles. The first kappa shape index (κ1) is 16.5. The molecule has 0 spiro atoms. The van der Waals surface area contributed by atoms with E-state index in [1.54, 1.807) is 0 Å². The molecule has 20 heavy (non-hydrogen) atoms. The Balaban J connectivity index is 2.95. The van der Waals surface area contributed by atoms with Gasteiger partial charge in [0.25, 0.3) is 0 Å². The van der Waals surface area contributed by atoms with Crippen LogP contribution in [-0.2, 0) is 4.79 Å². The van der Waals surface area contributed by atoms with Crippen LogP contribution in [0.25, 0.3) is 0 Å². The molecule has 0 aliphatic carbocycles. The molecule has 0 unspecified atom stereocenters. The average Bonchev–Trinajstić information content (AvgIpc) is 2.43. The summed E-state index contributed by atoms with van der Waals surface area (Å²) in [6, 6.07) is 7.48. The summed E-state index contributed by atoms with van der Waals surface area (Å²) in [4.78, 5) is 12.5. The Morgan fingerprint density at radius 1 is 1.30 bits per heavy atom. The molecular formula is C16H26N2O2. The van der Waals surface area contributed by atoms with Gasteiger partial charge in [-0.05, 0) is 38.8 Å². The van der Waals surface area contributed by atoms with Crippen molar-refractivity contribution in [2.45, 2.75) is 46.6 Å². The van der Waals surface area contributed by atoms with Gasteiger partial charge in [-0.15, -0.1) is 0 Å². The molecule has 0 saturated carbocycles. The first-order valence-electron chi connectivity index (χ1n) is 7.26. The summed E-state index contributed by atoms with van der Waals surface area (Å²) < 4.78 is 5.71. The molecule has 3 N–H and O–H groups in total. The minimum atomic E-state index is -0.509. The molecule has 0 saturated heterocycles. The van der Waals surface area contributed by atoms with Crippen molar-refractivity contribution >= 4 is 11.6 Å². The summed E-state index contributed by atoms with van der Waals surface area (Å²) in [5.41, 5.74) is 6.00. The van der Waals surface area contributed by atoms with Gasteiger partial charge in [0.05, 0.1) is 17.2 Å². The van der Waals surface area contributed by atoms with E-state index in [0.29, 0.717) is 18.0 Å². The van der Waals surface area contributed by atoms with E-state index in [1.807, 2.05) is 52.0 Å². The topological polar surface area (TPSA) is 64.4 Å². The number of benzene rings is 1. The number of hydrogen-bond donors (Lipinski definition) is 2. The van der Waals surface area contributed by atoms with Crippen LogP contribution in [0.5, 0.6) is 5.75 Å². The first-order valence-corrected chi connectivity index (χ1v) is 7.26. The van der Waals surface area contributed by atoms with Gasteiger partial charge in [0.2, 0.25) is 5.91 Å². The maximum atomic E-state index is 12.5. The lowest BCUT2D eigenvalue weighted by atomic mass is 9.81. The highest BCUT2D eigenvalue weighted by Gasteiger charge is 2.33. The summed E-state index contributed by atoms with van der Waals surface area (Å²) >= 11 is 0. The number of anilines is 1. The third kappa shape index (κ3) is 3.73. The fourth-order valence-electron chi connectivity index (χ4n) is 2.13. The summed E-state index contributed by atoms with van der Waals surface area (Å²) in [5.74, 6) is 0.652. The highest BCUT2D eigenvalue weighted by Crippen LogP contribution is 2.30. The van der Waals surface area contributed by atoms with Gasteiger partial charge >= 0.3 is 0 Å². The van der Waals surface area contributed by atoms with E-state index in [2.05, 4.69) is 5.32 Å². The minimum absolute atomic E-state index is 0.0372. The van der Waals surface area contributed by atoms with Gasteiger partial charge in [-0.1, -0.05) is 26.0 Å². The second-order valence-corrected chi connectivity index (χ2v) is 5.31. The summed E-state index contributed by atoms with van der Waals surface area (Å²) in [6.45, 7) is 8.25. The number of hydrogen-bond acceptors (Lipinski definition) is 3. The molecule has 0 fully saturated rings. The Morgan fingerprint density at radius 2 is 1.90 bits per heavy atom. The van der Waals surface area contributed by atoms with Crippen molar-refractivity contribution < 1.29 is 9.53 Å². The van der Waals surface area contributed by atoms with Crippen LogP contribution < -0.4 is 15.8 Å². The van der Waals surface area contributed by atoms with Crippen molar-refractivity contribution in [3.8, 4) is 5.75 Å². The van der Waals surface area contributed by atoms with Crippen molar-refractivity contribution in [3.05, 3.63) is 24.3 Å². The molecule has 0 radical (unpaired) electrons. The van der Waals surface area contributed by atoms with Crippen LogP contribution >= 0.6 is 0 Å². The predicted octanol–water partition coefficient (Wildman–Crippen LogP) is 3.18. The van der Waals surface area contributed by atoms with Crippen LogP contribution in [0, 0.1) is 5.41 Å². The Morgan fingerprint density at radius 3 is 2.40 bits per heavy atom. The average molecular weight is 278 g/mol. The molecule has 0 aromatic heterocycles. The standard InChI is InChI=1S/C16H26N2O2/c1-5-16(6-2,11-17)15(19)18-13-9-7-8-10-14(13)20-12(3)4/h7-10,12H,5-6,11,17H2,1-4H3,(H,18,19). The van der Waals surface area contributed by atoms with Crippen molar-refractivity contribution in [2.24, 2.45) is 11.1 Å². The Hall–Kier alpha value is -1.55. The Labute approximate surface area is 121 Å². The molecule has 112 valence electrons. The molecule has 0 aliphatic rings. The van der Waals surface area contributed by atoms with E-state index in [4.69, 9.17) is 10.5 Å². The van der Waals surface area contributed by atoms with Gasteiger partial charge in [0.15, 0.2) is 0 Å². The lowest BCUT2D eigenvalue weighted by Crippen LogP contribution is -2.41. The smallest absolute Gasteiger partial charge is 0.231 e. The number of para-hydroxylation sites is 2. The summed E-state index contributed by atoms with van der Waals surface area (Å²) in [6.07, 6.45) is 1.50. The van der Waals surface area contributed by atoms with E-state index < -0.39 is 5.41 Å². The lowest BCUT2D eigenvalue weighted by Gasteiger charge is -2.29. The number of carbonyl (C=O) groups is 1. The molecule has 0 atom stereocenters. The number of nitrogens with one attached hydrogen (secondary N) is 1. The molecule has 1 amide bonds. The van der Waals surface area contributed by atoms with E-state index >= 15 is 0 Å². The summed E-state index contributed by atoms with van der Waals surface area (Å²) in [5, 5.41) is 2.97. The monoisotopic (exact) mass is 278 g/mol. The van der Waals surface area contributed by atoms with Gasteiger partial charge in [0, 0.05) is 6.54 Å². The van der Waals surface area contributed by atoms with Crippen LogP contribution in [0.15, 0.2) is 24.3 Å². The van der Waals surface area contributed by atoms with Crippen molar-refractivity contribution in [2.75, 3.05) is 11.9 Å². The van der Waals surface area contributed by atoms with Crippen molar-refractivity contribution in [1.29, 1.82) is 0 Å². The molecule has 1 rings (SSSR count). The number of nitrogens with two attached hydrogens (primary N) is 1. The predicted molar refractivity (Wildman–Crippen MR) is 82.9 cm³/mol. The van der Waals surface area contributed by atoms with Crippen molar-refractivity contribution in [3.63, 3.8) is 0 Å². The maximum Gasteiger partial charge on any atom is 0.231 e. The zero-order valence-electron chi connectivity index (χ0n) is 12.9. The lowest BCUT2D eigenvalue weighted by molar-refractivity contribution is -0.125. The van der Waals surface area contributed by atoms with Crippen LogP contribution in [0.4, 0.5) is 5.69 Å². The SMILES string of the molecule is CCC(CC)(CN)C(=O)Nc1ccccc1OC(C)C. The molecule has 0 aliphatic heterocycles. The molecule has 0 bridgehead atoms. The molecule has 4 heteroatoms. The second-order valence-electron chi connectivity index (χ2n) is 5.31. The van der Waals surface area contributed by atoms with Gasteiger partial charge in [-0.25, -0.2) is 0 Å². The fourth-order valence-corrected chi connectivity index (χ4v) is 2.13. The molecule has 4 nitrogen and oxygen atoms in total. The van der Waals surface area contributed by atoms with E-state index in [9.17, 15) is 4.79 Å². The maximum absolute atomic E-state index is 12.5. The van der Waals surface area contributed by atoms with Crippen LogP contribution in [0.3, 0.4) is 0 Å². The third-order valence-corrected chi connectivity index (χ3v) is 3.72. The van der Waals surface area contributed by atoms with Gasteiger partial charge in [-0.2, -0.15) is 0 Å². The quantitative estimate of drug-likeness (QED) is 0.805. The molecule has 1 aromatic rings.